The molecule has 0 bridgehead atoms. The van der Waals surface area contributed by atoms with Gasteiger partial charge in [0.2, 0.25) is 11.8 Å². The highest BCUT2D eigenvalue weighted by Crippen LogP contribution is 2.27. The lowest BCUT2D eigenvalue weighted by Crippen LogP contribution is -2.47. The van der Waals surface area contributed by atoms with Crippen LogP contribution in [-0.2, 0) is 20.8 Å². The summed E-state index contributed by atoms with van der Waals surface area (Å²) >= 11 is 0. The van der Waals surface area contributed by atoms with Gasteiger partial charge in [-0.05, 0) is 18.6 Å². The van der Waals surface area contributed by atoms with E-state index in [4.69, 9.17) is 10.5 Å². The van der Waals surface area contributed by atoms with E-state index in [1.807, 2.05) is 0 Å². The monoisotopic (exact) mass is 348 g/mol. The van der Waals surface area contributed by atoms with E-state index in [1.54, 1.807) is 31.2 Å². The van der Waals surface area contributed by atoms with Gasteiger partial charge < -0.3 is 21.1 Å². The van der Waals surface area contributed by atoms with Gasteiger partial charge in [-0.3, -0.25) is 19.3 Å². The third-order valence-electron chi connectivity index (χ3n) is 3.84. The molecule has 2 rings (SSSR count). The molecule has 1 fully saturated rings. The molecule has 9 heteroatoms. The number of nitrogens with zero attached hydrogens (tertiary/aromatic N) is 1. The van der Waals surface area contributed by atoms with Gasteiger partial charge in [-0.25, -0.2) is 4.79 Å². The molecule has 0 radical (unpaired) electrons. The van der Waals surface area contributed by atoms with E-state index in [-0.39, 0.29) is 13.0 Å². The van der Waals surface area contributed by atoms with Crippen LogP contribution in [0.2, 0.25) is 0 Å². The number of primary amides is 1. The van der Waals surface area contributed by atoms with Crippen molar-refractivity contribution in [2.45, 2.75) is 18.9 Å². The third kappa shape index (κ3) is 4.06. The van der Waals surface area contributed by atoms with Crippen LogP contribution >= 0.6 is 0 Å². The van der Waals surface area contributed by atoms with Crippen LogP contribution in [0.5, 0.6) is 5.75 Å². The van der Waals surface area contributed by atoms with Crippen molar-refractivity contribution < 1.29 is 23.9 Å². The molecule has 9 nitrogen and oxygen atoms in total. The Hall–Kier alpha value is -3.10. The van der Waals surface area contributed by atoms with Crippen molar-refractivity contribution in [2.24, 2.45) is 5.73 Å². The summed E-state index contributed by atoms with van der Waals surface area (Å²) < 4.78 is 5.26. The largest absolute Gasteiger partial charge is 0.496 e. The Morgan fingerprint density at radius 2 is 2.00 bits per heavy atom. The highest BCUT2D eigenvalue weighted by molar-refractivity contribution is 6.09. The number of carbonyl (C=O) groups is 4. The molecule has 134 valence electrons. The summed E-state index contributed by atoms with van der Waals surface area (Å²) in [6, 6.07) is 6.49. The lowest BCUT2D eigenvalue weighted by Gasteiger charge is -2.22. The van der Waals surface area contributed by atoms with Crippen molar-refractivity contribution in [1.82, 2.24) is 15.5 Å². The minimum absolute atomic E-state index is 0.209. The number of imide groups is 1. The molecule has 0 unspecified atom stereocenters. The SMILES string of the molecule is COc1ccccc1C[C@]1(C)NC(=O)N(CC(=O)NCC(N)=O)C1=O. The van der Waals surface area contributed by atoms with E-state index < -0.39 is 35.8 Å². The fraction of sp³-hybridized carbons (Fsp3) is 0.375. The summed E-state index contributed by atoms with van der Waals surface area (Å²) in [5.41, 5.74) is 4.49. The maximum atomic E-state index is 12.6. The van der Waals surface area contributed by atoms with Crippen LogP contribution in [0.4, 0.5) is 4.79 Å². The number of amides is 5. The molecule has 1 saturated heterocycles. The molecule has 1 aromatic rings. The van der Waals surface area contributed by atoms with Crippen molar-refractivity contribution in [3.05, 3.63) is 29.8 Å². The minimum atomic E-state index is -1.20. The van der Waals surface area contributed by atoms with Crippen LogP contribution in [0.15, 0.2) is 24.3 Å². The number of hydrogen-bond donors (Lipinski definition) is 3. The van der Waals surface area contributed by atoms with Crippen LogP contribution in [0.3, 0.4) is 0 Å². The van der Waals surface area contributed by atoms with E-state index >= 15 is 0 Å². The van der Waals surface area contributed by atoms with Gasteiger partial charge in [0.15, 0.2) is 0 Å². The molecule has 1 heterocycles. The number of carbonyl (C=O) groups excluding carboxylic acids is 4. The average molecular weight is 348 g/mol. The molecule has 1 aromatic carbocycles. The molecule has 0 saturated carbocycles. The maximum Gasteiger partial charge on any atom is 0.325 e. The Balaban J connectivity index is 2.11. The first kappa shape index (κ1) is 18.2. The summed E-state index contributed by atoms with van der Waals surface area (Å²) in [5.74, 6) is -1.29. The summed E-state index contributed by atoms with van der Waals surface area (Å²) in [5, 5.41) is 4.85. The first-order chi connectivity index (χ1) is 11.8. The number of methoxy groups -OCH3 is 1. The maximum absolute atomic E-state index is 12.6. The fourth-order valence-corrected chi connectivity index (χ4v) is 2.63. The number of ether oxygens (including phenoxy) is 1. The second kappa shape index (κ2) is 7.20. The molecule has 25 heavy (non-hydrogen) atoms. The predicted octanol–water partition coefficient (Wildman–Crippen LogP) is -0.850. The molecule has 0 spiro atoms. The lowest BCUT2D eigenvalue weighted by molar-refractivity contribution is -0.134. The second-order valence-corrected chi connectivity index (χ2v) is 5.89. The normalized spacial score (nSPS) is 19.5. The average Bonchev–Trinajstić information content (AvgIpc) is 2.76. The van der Waals surface area contributed by atoms with Gasteiger partial charge in [-0.2, -0.15) is 0 Å². The van der Waals surface area contributed by atoms with Gasteiger partial charge in [0.05, 0.1) is 13.7 Å². The molecular formula is C16H20N4O5. The third-order valence-corrected chi connectivity index (χ3v) is 3.84. The predicted molar refractivity (Wildman–Crippen MR) is 87.6 cm³/mol. The van der Waals surface area contributed by atoms with E-state index in [1.165, 1.54) is 7.11 Å². The lowest BCUT2D eigenvalue weighted by atomic mass is 9.92. The highest BCUT2D eigenvalue weighted by atomic mass is 16.5. The van der Waals surface area contributed by atoms with Crippen molar-refractivity contribution in [1.29, 1.82) is 0 Å². The van der Waals surface area contributed by atoms with E-state index in [2.05, 4.69) is 10.6 Å². The first-order valence-corrected chi connectivity index (χ1v) is 7.58. The zero-order valence-electron chi connectivity index (χ0n) is 14.0. The van der Waals surface area contributed by atoms with Crippen LogP contribution in [0.1, 0.15) is 12.5 Å². The summed E-state index contributed by atoms with van der Waals surface area (Å²) in [4.78, 5) is 48.0. The smallest absolute Gasteiger partial charge is 0.325 e. The topological polar surface area (TPSA) is 131 Å². The molecule has 0 aromatic heterocycles. The van der Waals surface area contributed by atoms with Gasteiger partial charge in [0, 0.05) is 6.42 Å². The first-order valence-electron chi connectivity index (χ1n) is 7.58. The quantitative estimate of drug-likeness (QED) is 0.553. The van der Waals surface area contributed by atoms with Gasteiger partial charge in [0.25, 0.3) is 5.91 Å². The fourth-order valence-electron chi connectivity index (χ4n) is 2.63. The number of hydrogen-bond acceptors (Lipinski definition) is 5. The number of rotatable bonds is 7. The number of benzene rings is 1. The molecule has 1 aliphatic rings. The second-order valence-electron chi connectivity index (χ2n) is 5.89. The van der Waals surface area contributed by atoms with Gasteiger partial charge >= 0.3 is 6.03 Å². The molecule has 0 aliphatic carbocycles. The molecule has 1 aliphatic heterocycles. The van der Waals surface area contributed by atoms with Gasteiger partial charge in [-0.1, -0.05) is 18.2 Å². The van der Waals surface area contributed by atoms with Crippen molar-refractivity contribution in [2.75, 3.05) is 20.2 Å². The van der Waals surface area contributed by atoms with Crippen molar-refractivity contribution >= 4 is 23.8 Å². The Bertz CT molecular complexity index is 720. The number of nitrogens with one attached hydrogen (secondary N) is 2. The molecular weight excluding hydrogens is 328 g/mol. The van der Waals surface area contributed by atoms with E-state index in [9.17, 15) is 19.2 Å². The van der Waals surface area contributed by atoms with Crippen LogP contribution < -0.4 is 21.1 Å². The van der Waals surface area contributed by atoms with Crippen molar-refractivity contribution in [3.63, 3.8) is 0 Å². The summed E-state index contributed by atoms with van der Waals surface area (Å²) in [6.07, 6.45) is 0.209. The Kier molecular flexibility index (Phi) is 5.26. The van der Waals surface area contributed by atoms with Gasteiger partial charge in [-0.15, -0.1) is 0 Å². The molecule has 4 N–H and O–H groups in total. The van der Waals surface area contributed by atoms with E-state index in [0.717, 1.165) is 10.5 Å². The number of urea groups is 1. The summed E-state index contributed by atoms with van der Waals surface area (Å²) in [7, 11) is 1.52. The molecule has 5 amide bonds. The Morgan fingerprint density at radius 3 is 2.64 bits per heavy atom. The van der Waals surface area contributed by atoms with Crippen LogP contribution in [0, 0.1) is 0 Å². The van der Waals surface area contributed by atoms with E-state index in [0.29, 0.717) is 5.75 Å². The van der Waals surface area contributed by atoms with Crippen LogP contribution in [0.25, 0.3) is 0 Å². The number of nitrogens with two attached hydrogens (primary N) is 1. The van der Waals surface area contributed by atoms with Crippen LogP contribution in [-0.4, -0.2) is 54.4 Å². The zero-order valence-corrected chi connectivity index (χ0v) is 14.0. The standard InChI is InChI=1S/C16H20N4O5/c1-16(7-10-5-3-4-6-11(10)25-2)14(23)20(15(24)19-16)9-13(22)18-8-12(17)21/h3-6H,7-9H2,1-2H3,(H2,17,21)(H,18,22)(H,19,24)/t16-/m0/s1. The van der Waals surface area contributed by atoms with Crippen molar-refractivity contribution in [3.8, 4) is 5.75 Å². The molecule has 1 atom stereocenters. The minimum Gasteiger partial charge on any atom is -0.496 e. The summed E-state index contributed by atoms with van der Waals surface area (Å²) in [6.45, 7) is 0.738. The van der Waals surface area contributed by atoms with Gasteiger partial charge in [0.1, 0.15) is 17.8 Å². The number of para-hydroxylation sites is 1. The Labute approximate surface area is 144 Å². The zero-order chi connectivity index (χ0) is 18.6. The highest BCUT2D eigenvalue weighted by Gasteiger charge is 2.48. The Morgan fingerprint density at radius 1 is 1.32 bits per heavy atom.